The van der Waals surface area contributed by atoms with Gasteiger partial charge in [0.05, 0.1) is 16.7 Å². The van der Waals surface area contributed by atoms with Gasteiger partial charge in [0.2, 0.25) is 0 Å². The first-order valence-electron chi connectivity index (χ1n) is 19.0. The normalized spacial score (nSPS) is 10.8. The Morgan fingerprint density at radius 3 is 0.793 bits per heavy atom. The second kappa shape index (κ2) is 17.4. The molecule has 0 aliphatic heterocycles. The third kappa shape index (κ3) is 8.82. The van der Waals surface area contributed by atoms with E-state index in [1.165, 1.54) is 0 Å². The number of rotatable bonds is 12. The Morgan fingerprint density at radius 2 is 0.603 bits per heavy atom. The Kier molecular flexibility index (Phi) is 12.2. The molecular weight excluding hydrogens is 721 g/mol. The summed E-state index contributed by atoms with van der Waals surface area (Å²) in [5.41, 5.74) is 11.7. The van der Waals surface area contributed by atoms with Crippen LogP contribution in [0.4, 0.5) is 0 Å². The van der Waals surface area contributed by atoms with Crippen LogP contribution in [0.5, 0.6) is 17.2 Å². The SMILES string of the molecule is C=Cc1ccc(C(=O)Oc2c(C)cc(C(c3cc(C)c(OC(=O)c4ccc(C=C)cc4)c(C)c3)c3cc(C)c(OC(=O)c4ccc(C=C)cc4)c(C)c3)cc2C)cc1. The van der Waals surface area contributed by atoms with Crippen LogP contribution in [-0.2, 0) is 0 Å². The number of benzene rings is 6. The summed E-state index contributed by atoms with van der Waals surface area (Å²) in [6.07, 6.45) is 5.16. The summed E-state index contributed by atoms with van der Waals surface area (Å²) in [5, 5.41) is 0. The molecule has 0 spiro atoms. The molecule has 0 atom stereocenters. The second-order valence-electron chi connectivity index (χ2n) is 14.5. The van der Waals surface area contributed by atoms with E-state index in [-0.39, 0.29) is 5.92 Å². The van der Waals surface area contributed by atoms with E-state index in [9.17, 15) is 14.4 Å². The maximum Gasteiger partial charge on any atom is 0.343 e. The van der Waals surface area contributed by atoms with Crippen LogP contribution in [0.15, 0.2) is 129 Å². The molecule has 0 N–H and O–H groups in total. The topological polar surface area (TPSA) is 78.9 Å². The molecule has 290 valence electrons. The molecule has 6 aromatic rings. The first-order valence-corrected chi connectivity index (χ1v) is 19.0. The van der Waals surface area contributed by atoms with Crippen LogP contribution in [0.2, 0.25) is 0 Å². The van der Waals surface area contributed by atoms with E-state index in [2.05, 4.69) is 19.7 Å². The quantitative estimate of drug-likeness (QED) is 0.0701. The van der Waals surface area contributed by atoms with E-state index in [0.29, 0.717) is 33.9 Å². The van der Waals surface area contributed by atoms with Gasteiger partial charge in [-0.2, -0.15) is 0 Å². The molecule has 6 nitrogen and oxygen atoms in total. The first kappa shape index (κ1) is 40.6. The highest BCUT2D eigenvalue weighted by Gasteiger charge is 2.25. The molecule has 0 fully saturated rings. The van der Waals surface area contributed by atoms with Crippen molar-refractivity contribution in [3.63, 3.8) is 0 Å². The molecule has 0 radical (unpaired) electrons. The lowest BCUT2D eigenvalue weighted by atomic mass is 9.81. The lowest BCUT2D eigenvalue weighted by molar-refractivity contribution is 0.0723. The molecule has 0 aliphatic rings. The summed E-state index contributed by atoms with van der Waals surface area (Å²) in [4.78, 5) is 39.8. The number of hydrogen-bond donors (Lipinski definition) is 0. The van der Waals surface area contributed by atoms with E-state index >= 15 is 0 Å². The van der Waals surface area contributed by atoms with Gasteiger partial charge >= 0.3 is 17.9 Å². The van der Waals surface area contributed by atoms with Crippen molar-refractivity contribution in [3.8, 4) is 17.2 Å². The summed E-state index contributed by atoms with van der Waals surface area (Å²) in [5.74, 6) is -0.187. The smallest absolute Gasteiger partial charge is 0.343 e. The average Bonchev–Trinajstić information content (AvgIpc) is 3.22. The fourth-order valence-electron chi connectivity index (χ4n) is 7.23. The van der Waals surface area contributed by atoms with Crippen LogP contribution in [0.25, 0.3) is 18.2 Å². The maximum absolute atomic E-state index is 13.3. The highest BCUT2D eigenvalue weighted by Crippen LogP contribution is 2.41. The van der Waals surface area contributed by atoms with Crippen molar-refractivity contribution in [2.75, 3.05) is 0 Å². The fraction of sp³-hybridized carbons (Fsp3) is 0.135. The molecule has 6 heteroatoms. The molecule has 0 aromatic heterocycles. The molecule has 0 saturated heterocycles. The third-order valence-electron chi connectivity index (χ3n) is 10.2. The van der Waals surface area contributed by atoms with Gasteiger partial charge in [-0.25, -0.2) is 14.4 Å². The summed E-state index contributed by atoms with van der Waals surface area (Å²) in [6, 6.07) is 33.5. The van der Waals surface area contributed by atoms with Crippen LogP contribution in [0.3, 0.4) is 0 Å². The van der Waals surface area contributed by atoms with Gasteiger partial charge in [-0.1, -0.05) is 111 Å². The van der Waals surface area contributed by atoms with Gasteiger partial charge in [-0.3, -0.25) is 0 Å². The molecule has 6 aromatic carbocycles. The van der Waals surface area contributed by atoms with E-state index < -0.39 is 17.9 Å². The van der Waals surface area contributed by atoms with E-state index in [1.807, 2.05) is 114 Å². The molecule has 6 rings (SSSR count). The van der Waals surface area contributed by atoms with Gasteiger partial charge in [0, 0.05) is 5.92 Å². The minimum atomic E-state index is -0.452. The van der Waals surface area contributed by atoms with Gasteiger partial charge in [0.25, 0.3) is 0 Å². The average molecular weight is 767 g/mol. The Morgan fingerprint density at radius 1 is 0.397 bits per heavy atom. The molecule has 0 bridgehead atoms. The Hall–Kier alpha value is -7.05. The second-order valence-corrected chi connectivity index (χ2v) is 14.5. The minimum absolute atomic E-state index is 0.309. The monoisotopic (exact) mass is 766 g/mol. The number of ether oxygens (including phenoxy) is 3. The highest BCUT2D eigenvalue weighted by atomic mass is 16.5. The van der Waals surface area contributed by atoms with Crippen LogP contribution in [-0.4, -0.2) is 17.9 Å². The zero-order valence-electron chi connectivity index (χ0n) is 33.8. The van der Waals surface area contributed by atoms with Crippen molar-refractivity contribution in [2.24, 2.45) is 0 Å². The first-order chi connectivity index (χ1) is 27.8. The van der Waals surface area contributed by atoms with Crippen molar-refractivity contribution >= 4 is 36.1 Å². The van der Waals surface area contributed by atoms with Crippen LogP contribution < -0.4 is 14.2 Å². The van der Waals surface area contributed by atoms with Gasteiger partial charge in [-0.15, -0.1) is 0 Å². The van der Waals surface area contributed by atoms with E-state index in [4.69, 9.17) is 14.2 Å². The fourth-order valence-corrected chi connectivity index (χ4v) is 7.23. The van der Waals surface area contributed by atoms with Crippen LogP contribution >= 0.6 is 0 Å². The summed E-state index contributed by atoms with van der Waals surface area (Å²) < 4.78 is 18.0. The Bertz CT molecular complexity index is 2220. The standard InChI is InChI=1S/C52H46O6/c1-10-37-13-19-40(20-14-37)50(53)56-47-31(4)25-43(26-32(47)5)46(44-27-33(6)48(34(7)28-44)57-51(54)41-21-15-38(11-2)16-22-41)45-29-35(8)49(36(9)30-45)58-52(55)42-23-17-39(12-3)18-24-42/h10-30,46H,1-3H2,4-9H3. The number of hydrogen-bond acceptors (Lipinski definition) is 6. The summed E-state index contributed by atoms with van der Waals surface area (Å²) in [7, 11) is 0. The van der Waals surface area contributed by atoms with E-state index in [1.54, 1.807) is 54.6 Å². The van der Waals surface area contributed by atoms with Gasteiger partial charge in [0.1, 0.15) is 17.2 Å². The predicted molar refractivity (Wildman–Crippen MR) is 233 cm³/mol. The molecule has 58 heavy (non-hydrogen) atoms. The number of aryl methyl sites for hydroxylation is 6. The lowest BCUT2D eigenvalue weighted by Gasteiger charge is -2.25. The Labute approximate surface area is 340 Å². The van der Waals surface area contributed by atoms with Crippen LogP contribution in [0.1, 0.15) is 104 Å². The minimum Gasteiger partial charge on any atom is -0.422 e. The van der Waals surface area contributed by atoms with Crippen molar-refractivity contribution < 1.29 is 28.6 Å². The van der Waals surface area contributed by atoms with Crippen LogP contribution in [0, 0.1) is 41.5 Å². The molecule has 0 saturated carbocycles. The van der Waals surface area contributed by atoms with Crippen molar-refractivity contribution in [1.82, 2.24) is 0 Å². The molecular formula is C52H46O6. The Balaban J connectivity index is 1.40. The molecule has 0 aliphatic carbocycles. The third-order valence-corrected chi connectivity index (χ3v) is 10.2. The maximum atomic E-state index is 13.3. The number of carbonyl (C=O) groups is 3. The molecule has 0 unspecified atom stereocenters. The number of carbonyl (C=O) groups excluding carboxylic acids is 3. The lowest BCUT2D eigenvalue weighted by Crippen LogP contribution is -2.13. The highest BCUT2D eigenvalue weighted by molar-refractivity contribution is 5.93. The van der Waals surface area contributed by atoms with Crippen molar-refractivity contribution in [1.29, 1.82) is 0 Å². The van der Waals surface area contributed by atoms with Gasteiger partial charge in [-0.05, 0) is 145 Å². The zero-order valence-corrected chi connectivity index (χ0v) is 33.8. The van der Waals surface area contributed by atoms with Gasteiger partial charge in [0.15, 0.2) is 0 Å². The van der Waals surface area contributed by atoms with Crippen molar-refractivity contribution in [2.45, 2.75) is 47.5 Å². The zero-order chi connectivity index (χ0) is 41.7. The molecule has 0 heterocycles. The summed E-state index contributed by atoms with van der Waals surface area (Å²) >= 11 is 0. The predicted octanol–water partition coefficient (Wildman–Crippen LogP) is 12.3. The largest absolute Gasteiger partial charge is 0.422 e. The van der Waals surface area contributed by atoms with Crippen molar-refractivity contribution in [3.05, 3.63) is 212 Å². The van der Waals surface area contributed by atoms with Gasteiger partial charge < -0.3 is 14.2 Å². The van der Waals surface area contributed by atoms with E-state index in [0.717, 1.165) is 66.8 Å². The number of esters is 3. The summed E-state index contributed by atoms with van der Waals surface area (Å²) in [6.45, 7) is 22.9. The molecule has 0 amide bonds.